The number of rotatable bonds is 8. The van der Waals surface area contributed by atoms with Crippen molar-refractivity contribution in [3.05, 3.63) is 75.1 Å². The monoisotopic (exact) mass is 579 g/mol. The maximum absolute atomic E-state index is 15.0. The second-order valence-electron chi connectivity index (χ2n) is 8.46. The van der Waals surface area contributed by atoms with Crippen LogP contribution in [0, 0.1) is 5.82 Å². The molecule has 38 heavy (non-hydrogen) atoms. The van der Waals surface area contributed by atoms with E-state index in [9.17, 15) is 23.1 Å². The highest BCUT2D eigenvalue weighted by Crippen LogP contribution is 2.29. The van der Waals surface area contributed by atoms with Gasteiger partial charge in [-0.2, -0.15) is 0 Å². The molecule has 0 atom stereocenters. The van der Waals surface area contributed by atoms with Crippen molar-refractivity contribution in [1.82, 2.24) is 14.2 Å². The summed E-state index contributed by atoms with van der Waals surface area (Å²) in [6.07, 6.45) is 0. The molecule has 2 aromatic carbocycles. The molecule has 4 aromatic rings. The van der Waals surface area contributed by atoms with Crippen molar-refractivity contribution in [3.8, 4) is 11.6 Å². The Morgan fingerprint density at radius 1 is 1.11 bits per heavy atom. The van der Waals surface area contributed by atoms with Gasteiger partial charge in [-0.15, -0.1) is 11.3 Å². The zero-order valence-electron chi connectivity index (χ0n) is 20.2. The minimum atomic E-state index is -4.17. The van der Waals surface area contributed by atoms with Crippen LogP contribution in [-0.4, -0.2) is 56.2 Å². The Kier molecular flexibility index (Phi) is 7.92. The molecule has 14 heteroatoms. The first kappa shape index (κ1) is 27.4. The third-order valence-electron chi connectivity index (χ3n) is 5.38. The third kappa shape index (κ3) is 6.07. The smallest absolute Gasteiger partial charge is 0.333 e. The second kappa shape index (κ2) is 11.0. The first-order valence-electron chi connectivity index (χ1n) is 11.1. The molecule has 0 aliphatic carbocycles. The molecular formula is C24H23ClFN5O5S2. The minimum Gasteiger partial charge on any atom is -0.494 e. The number of nitrogens with zero attached hydrogens (tertiary/aromatic N) is 2. The lowest BCUT2D eigenvalue weighted by Crippen LogP contribution is -2.34. The fourth-order valence-electron chi connectivity index (χ4n) is 3.61. The average Bonchev–Trinajstić information content (AvgIpc) is 3.27. The maximum Gasteiger partial charge on any atom is 0.333 e. The molecular weight excluding hydrogens is 557 g/mol. The predicted molar refractivity (Wildman–Crippen MR) is 147 cm³/mol. The molecule has 0 bridgehead atoms. The number of pyridine rings is 1. The number of benzene rings is 2. The van der Waals surface area contributed by atoms with Crippen LogP contribution in [0.2, 0.25) is 4.34 Å². The number of sulfonamides is 1. The SMILES string of the molecule is CN(C)CCNc1ccc2c(O)n(-c3ccc(NC(=O)NS(=O)(=O)c4ccc(Cl)s4)cc3F)c(=O)cc2c1. The number of amides is 2. The van der Waals surface area contributed by atoms with E-state index in [1.54, 1.807) is 18.2 Å². The van der Waals surface area contributed by atoms with Crippen LogP contribution in [-0.2, 0) is 10.0 Å². The quantitative estimate of drug-likeness (QED) is 0.248. The Labute approximate surface area is 226 Å². The summed E-state index contributed by atoms with van der Waals surface area (Å²) < 4.78 is 42.3. The van der Waals surface area contributed by atoms with Crippen LogP contribution in [0.4, 0.5) is 20.6 Å². The summed E-state index contributed by atoms with van der Waals surface area (Å²) >= 11 is 6.51. The highest BCUT2D eigenvalue weighted by atomic mass is 35.5. The van der Waals surface area contributed by atoms with Crippen molar-refractivity contribution in [2.75, 3.05) is 37.8 Å². The Morgan fingerprint density at radius 3 is 2.50 bits per heavy atom. The van der Waals surface area contributed by atoms with Gasteiger partial charge >= 0.3 is 6.03 Å². The van der Waals surface area contributed by atoms with Crippen LogP contribution in [0.3, 0.4) is 0 Å². The van der Waals surface area contributed by atoms with Gasteiger partial charge in [0, 0.05) is 35.9 Å². The molecule has 10 nitrogen and oxygen atoms in total. The molecule has 2 aromatic heterocycles. The molecule has 0 aliphatic rings. The number of likely N-dealkylation sites (N-methyl/N-ethyl adjacent to an activating group) is 1. The first-order valence-corrected chi connectivity index (χ1v) is 13.8. The highest BCUT2D eigenvalue weighted by molar-refractivity contribution is 7.92. The number of hydrogen-bond acceptors (Lipinski definition) is 8. The molecule has 4 rings (SSSR count). The Bertz CT molecular complexity index is 1690. The Hall–Kier alpha value is -3.65. The number of halogens is 2. The van der Waals surface area contributed by atoms with Gasteiger partial charge in [0.15, 0.2) is 0 Å². The van der Waals surface area contributed by atoms with Crippen LogP contribution in [0.1, 0.15) is 0 Å². The van der Waals surface area contributed by atoms with Gasteiger partial charge in [-0.25, -0.2) is 26.9 Å². The van der Waals surface area contributed by atoms with E-state index in [1.807, 2.05) is 23.7 Å². The normalized spacial score (nSPS) is 11.6. The number of hydrogen-bond donors (Lipinski definition) is 4. The van der Waals surface area contributed by atoms with Crippen molar-refractivity contribution >= 4 is 61.1 Å². The number of carbonyl (C=O) groups excluding carboxylic acids is 1. The topological polar surface area (TPSA) is 133 Å². The number of anilines is 2. The van der Waals surface area contributed by atoms with Crippen LogP contribution in [0.25, 0.3) is 16.5 Å². The summed E-state index contributed by atoms with van der Waals surface area (Å²) in [5, 5.41) is 17.1. The summed E-state index contributed by atoms with van der Waals surface area (Å²) in [6.45, 7) is 1.48. The van der Waals surface area contributed by atoms with Crippen molar-refractivity contribution in [2.45, 2.75) is 4.21 Å². The molecule has 0 radical (unpaired) electrons. The molecule has 0 spiro atoms. The molecule has 2 heterocycles. The minimum absolute atomic E-state index is 0.0788. The van der Waals surface area contributed by atoms with Crippen molar-refractivity contribution < 1.29 is 22.7 Å². The van der Waals surface area contributed by atoms with Crippen molar-refractivity contribution in [3.63, 3.8) is 0 Å². The highest BCUT2D eigenvalue weighted by Gasteiger charge is 2.21. The molecule has 0 saturated carbocycles. The fourth-order valence-corrected chi connectivity index (χ4v) is 6.00. The van der Waals surface area contributed by atoms with Crippen molar-refractivity contribution in [1.29, 1.82) is 0 Å². The maximum atomic E-state index is 15.0. The van der Waals surface area contributed by atoms with Gasteiger partial charge in [0.2, 0.25) is 5.88 Å². The van der Waals surface area contributed by atoms with E-state index < -0.39 is 33.3 Å². The van der Waals surface area contributed by atoms with Gasteiger partial charge in [-0.05, 0) is 68.0 Å². The van der Waals surface area contributed by atoms with Gasteiger partial charge < -0.3 is 20.6 Å². The predicted octanol–water partition coefficient (Wildman–Crippen LogP) is 4.03. The summed E-state index contributed by atoms with van der Waals surface area (Å²) in [5.41, 5.74) is -0.238. The second-order valence-corrected chi connectivity index (χ2v) is 12.1. The van der Waals surface area contributed by atoms with E-state index in [-0.39, 0.29) is 19.9 Å². The molecule has 0 fully saturated rings. The molecule has 0 unspecified atom stereocenters. The molecule has 2 amide bonds. The van der Waals surface area contributed by atoms with Gasteiger partial charge in [-0.1, -0.05) is 11.6 Å². The van der Waals surface area contributed by atoms with E-state index in [1.165, 1.54) is 30.3 Å². The number of fused-ring (bicyclic) bond motifs is 1. The number of carbonyl (C=O) groups is 1. The third-order valence-corrected chi connectivity index (χ3v) is 8.43. The van der Waals surface area contributed by atoms with E-state index in [0.29, 0.717) is 17.3 Å². The molecule has 4 N–H and O–H groups in total. The number of aromatic nitrogens is 1. The zero-order valence-corrected chi connectivity index (χ0v) is 22.5. The zero-order chi connectivity index (χ0) is 27.6. The number of nitrogens with one attached hydrogen (secondary N) is 3. The van der Waals surface area contributed by atoms with E-state index in [2.05, 4.69) is 10.6 Å². The summed E-state index contributed by atoms with van der Waals surface area (Å²) in [7, 11) is -0.269. The van der Waals surface area contributed by atoms with E-state index in [4.69, 9.17) is 11.6 Å². The van der Waals surface area contributed by atoms with Crippen LogP contribution >= 0.6 is 22.9 Å². The van der Waals surface area contributed by atoms with Crippen molar-refractivity contribution in [2.24, 2.45) is 0 Å². The molecule has 0 saturated heterocycles. The lowest BCUT2D eigenvalue weighted by Gasteiger charge is -2.15. The summed E-state index contributed by atoms with van der Waals surface area (Å²) in [5.74, 6) is -1.39. The van der Waals surface area contributed by atoms with Crippen LogP contribution in [0.15, 0.2) is 63.6 Å². The number of urea groups is 1. The Morgan fingerprint density at radius 2 is 1.84 bits per heavy atom. The fraction of sp³-hybridized carbons (Fsp3) is 0.167. The first-order chi connectivity index (χ1) is 17.9. The van der Waals surface area contributed by atoms with Gasteiger partial charge in [-0.3, -0.25) is 4.79 Å². The van der Waals surface area contributed by atoms with Crippen LogP contribution in [0.5, 0.6) is 5.88 Å². The lowest BCUT2D eigenvalue weighted by atomic mass is 10.1. The lowest BCUT2D eigenvalue weighted by molar-refractivity contribution is 0.256. The molecule has 200 valence electrons. The van der Waals surface area contributed by atoms with Gasteiger partial charge in [0.05, 0.1) is 10.0 Å². The molecule has 0 aliphatic heterocycles. The summed E-state index contributed by atoms with van der Waals surface area (Å²) in [6, 6.07) is 11.2. The number of thiophene rings is 1. The van der Waals surface area contributed by atoms with Crippen LogP contribution < -0.4 is 20.9 Å². The standard InChI is InChI=1S/C24H23ClFN5O5S2/c1-30(2)10-9-27-15-3-5-17-14(11-15)12-21(32)31(23(17)33)19-6-4-16(13-18(19)26)28-24(34)29-38(35,36)22-8-7-20(25)37-22/h3-8,11-13,27,33H,9-10H2,1-2H3,(H2,28,29,34). The summed E-state index contributed by atoms with van der Waals surface area (Å²) in [4.78, 5) is 27.0. The van der Waals surface area contributed by atoms with E-state index in [0.717, 1.165) is 34.2 Å². The number of aromatic hydroxyl groups is 1. The van der Waals surface area contributed by atoms with Gasteiger partial charge in [0.25, 0.3) is 15.6 Å². The van der Waals surface area contributed by atoms with Gasteiger partial charge in [0.1, 0.15) is 10.0 Å². The van der Waals surface area contributed by atoms with E-state index >= 15 is 4.39 Å². The largest absolute Gasteiger partial charge is 0.494 e. The Balaban J connectivity index is 1.55. The average molecular weight is 580 g/mol.